The minimum atomic E-state index is 0.192. The highest BCUT2D eigenvalue weighted by Crippen LogP contribution is 2.52. The molecule has 2 atom stereocenters. The van der Waals surface area contributed by atoms with Gasteiger partial charge in [0, 0.05) is 39.4 Å². The lowest BCUT2D eigenvalue weighted by atomic mass is 9.66. The Hall–Kier alpha value is -0.160. The van der Waals surface area contributed by atoms with Crippen LogP contribution in [0.15, 0.2) is 0 Å². The van der Waals surface area contributed by atoms with Crippen LogP contribution in [0.3, 0.4) is 0 Å². The van der Waals surface area contributed by atoms with Gasteiger partial charge in [0.2, 0.25) is 0 Å². The van der Waals surface area contributed by atoms with E-state index >= 15 is 0 Å². The van der Waals surface area contributed by atoms with E-state index in [1.54, 1.807) is 14.2 Å². The van der Waals surface area contributed by atoms with Gasteiger partial charge in [0.25, 0.3) is 0 Å². The van der Waals surface area contributed by atoms with Crippen LogP contribution in [0.2, 0.25) is 0 Å². The monoisotopic (exact) mass is 296 g/mol. The lowest BCUT2D eigenvalue weighted by Crippen LogP contribution is -2.56. The standard InChI is InChI=1S/C17H32N2O2/c1-20-14-11-19(12-15(14)21-2)17(13-18)9-7-16(8-10-17)5-3-4-6-16/h14-15H,3-13,18H2,1-2H3. The van der Waals surface area contributed by atoms with Crippen molar-refractivity contribution in [3.05, 3.63) is 0 Å². The highest BCUT2D eigenvalue weighted by Gasteiger charge is 2.49. The third-order valence-corrected chi connectivity index (χ3v) is 6.78. The molecule has 0 radical (unpaired) electrons. The van der Waals surface area contributed by atoms with E-state index in [9.17, 15) is 0 Å². The highest BCUT2D eigenvalue weighted by atomic mass is 16.5. The molecule has 2 aliphatic carbocycles. The molecule has 1 spiro atoms. The van der Waals surface area contributed by atoms with Crippen LogP contribution in [0.1, 0.15) is 51.4 Å². The Morgan fingerprint density at radius 3 is 1.86 bits per heavy atom. The van der Waals surface area contributed by atoms with E-state index in [1.165, 1.54) is 51.4 Å². The molecular weight excluding hydrogens is 264 g/mol. The van der Waals surface area contributed by atoms with Gasteiger partial charge in [0.1, 0.15) is 0 Å². The van der Waals surface area contributed by atoms with E-state index in [-0.39, 0.29) is 17.7 Å². The van der Waals surface area contributed by atoms with Crippen LogP contribution in [0.25, 0.3) is 0 Å². The molecule has 0 aromatic heterocycles. The zero-order valence-corrected chi connectivity index (χ0v) is 13.8. The van der Waals surface area contributed by atoms with Crippen LogP contribution in [0.5, 0.6) is 0 Å². The topological polar surface area (TPSA) is 47.7 Å². The number of hydrogen-bond donors (Lipinski definition) is 1. The second-order valence-corrected chi connectivity index (χ2v) is 7.59. The van der Waals surface area contributed by atoms with Crippen LogP contribution in [-0.4, -0.2) is 56.5 Å². The van der Waals surface area contributed by atoms with Gasteiger partial charge in [0.15, 0.2) is 0 Å². The average molecular weight is 296 g/mol. The Morgan fingerprint density at radius 1 is 0.905 bits per heavy atom. The van der Waals surface area contributed by atoms with E-state index in [1.807, 2.05) is 0 Å². The summed E-state index contributed by atoms with van der Waals surface area (Å²) in [5.41, 5.74) is 7.11. The first-order chi connectivity index (χ1) is 10.2. The molecule has 1 heterocycles. The molecule has 1 aliphatic heterocycles. The fourth-order valence-electron chi connectivity index (χ4n) is 5.10. The number of likely N-dealkylation sites (tertiary alicyclic amines) is 1. The number of rotatable bonds is 4. The number of ether oxygens (including phenoxy) is 2. The lowest BCUT2D eigenvalue weighted by molar-refractivity contribution is -0.00461. The van der Waals surface area contributed by atoms with Crippen LogP contribution in [0.4, 0.5) is 0 Å². The van der Waals surface area contributed by atoms with Crippen LogP contribution in [0, 0.1) is 5.41 Å². The second kappa shape index (κ2) is 6.15. The summed E-state index contributed by atoms with van der Waals surface area (Å²) in [6.07, 6.45) is 11.4. The number of nitrogens with zero attached hydrogens (tertiary/aromatic N) is 1. The quantitative estimate of drug-likeness (QED) is 0.863. The van der Waals surface area contributed by atoms with E-state index in [0.29, 0.717) is 5.41 Å². The van der Waals surface area contributed by atoms with Gasteiger partial charge in [-0.2, -0.15) is 0 Å². The smallest absolute Gasteiger partial charge is 0.0972 e. The Kier molecular flexibility index (Phi) is 4.60. The van der Waals surface area contributed by atoms with Crippen LogP contribution >= 0.6 is 0 Å². The minimum absolute atomic E-state index is 0.192. The maximum absolute atomic E-state index is 6.26. The molecule has 2 saturated carbocycles. The van der Waals surface area contributed by atoms with E-state index < -0.39 is 0 Å². The van der Waals surface area contributed by atoms with Gasteiger partial charge in [-0.1, -0.05) is 12.8 Å². The van der Waals surface area contributed by atoms with Crippen molar-refractivity contribution < 1.29 is 9.47 Å². The summed E-state index contributed by atoms with van der Waals surface area (Å²) in [7, 11) is 3.59. The van der Waals surface area contributed by atoms with Gasteiger partial charge in [-0.05, 0) is 43.9 Å². The normalized spacial score (nSPS) is 35.6. The molecule has 3 rings (SSSR count). The molecule has 0 aromatic rings. The summed E-state index contributed by atoms with van der Waals surface area (Å²) in [5.74, 6) is 0. The first-order valence-electron chi connectivity index (χ1n) is 8.68. The summed E-state index contributed by atoms with van der Waals surface area (Å²) < 4.78 is 11.2. The molecule has 4 nitrogen and oxygen atoms in total. The van der Waals surface area contributed by atoms with Gasteiger partial charge in [-0.25, -0.2) is 0 Å². The average Bonchev–Trinajstić information content (AvgIpc) is 3.16. The summed E-state index contributed by atoms with van der Waals surface area (Å²) in [5, 5.41) is 0. The Morgan fingerprint density at radius 2 is 1.43 bits per heavy atom. The summed E-state index contributed by atoms with van der Waals surface area (Å²) in [6, 6.07) is 0. The predicted octanol–water partition coefficient (Wildman–Crippen LogP) is 2.16. The molecule has 1 saturated heterocycles. The fourth-order valence-corrected chi connectivity index (χ4v) is 5.10. The van der Waals surface area contributed by atoms with Gasteiger partial charge in [0.05, 0.1) is 12.2 Å². The summed E-state index contributed by atoms with van der Waals surface area (Å²) in [6.45, 7) is 2.72. The van der Waals surface area contributed by atoms with Gasteiger partial charge in [-0.3, -0.25) is 4.90 Å². The zero-order chi connectivity index (χ0) is 14.9. The molecule has 2 N–H and O–H groups in total. The lowest BCUT2D eigenvalue weighted by Gasteiger charge is -2.49. The molecular formula is C17H32N2O2. The Balaban J connectivity index is 1.68. The Bertz CT molecular complexity index is 333. The van der Waals surface area contributed by atoms with Crippen LogP contribution < -0.4 is 5.73 Å². The fraction of sp³-hybridized carbons (Fsp3) is 1.00. The van der Waals surface area contributed by atoms with E-state index in [0.717, 1.165) is 19.6 Å². The van der Waals surface area contributed by atoms with E-state index in [2.05, 4.69) is 4.90 Å². The first kappa shape index (κ1) is 15.7. The van der Waals surface area contributed by atoms with Crippen molar-refractivity contribution in [2.45, 2.75) is 69.1 Å². The van der Waals surface area contributed by atoms with Crippen molar-refractivity contribution in [2.24, 2.45) is 11.1 Å². The van der Waals surface area contributed by atoms with Gasteiger partial charge >= 0.3 is 0 Å². The van der Waals surface area contributed by atoms with Crippen molar-refractivity contribution in [1.29, 1.82) is 0 Å². The van der Waals surface area contributed by atoms with Crippen molar-refractivity contribution >= 4 is 0 Å². The summed E-state index contributed by atoms with van der Waals surface area (Å²) >= 11 is 0. The number of hydrogen-bond acceptors (Lipinski definition) is 4. The van der Waals surface area contributed by atoms with E-state index in [4.69, 9.17) is 15.2 Å². The predicted molar refractivity (Wildman–Crippen MR) is 84.3 cm³/mol. The molecule has 0 bridgehead atoms. The van der Waals surface area contributed by atoms with Crippen molar-refractivity contribution in [1.82, 2.24) is 4.90 Å². The minimum Gasteiger partial charge on any atom is -0.377 e. The Labute approximate surface area is 129 Å². The molecule has 3 aliphatic rings. The molecule has 122 valence electrons. The number of methoxy groups -OCH3 is 2. The molecule has 0 amide bonds. The van der Waals surface area contributed by atoms with Gasteiger partial charge < -0.3 is 15.2 Å². The SMILES string of the molecule is COC1CN(C2(CN)CCC3(CCCC3)CC2)CC1OC. The first-order valence-corrected chi connectivity index (χ1v) is 8.68. The summed E-state index contributed by atoms with van der Waals surface area (Å²) in [4.78, 5) is 2.58. The van der Waals surface area contributed by atoms with Crippen molar-refractivity contribution in [3.8, 4) is 0 Å². The molecule has 2 unspecified atom stereocenters. The zero-order valence-electron chi connectivity index (χ0n) is 13.8. The second-order valence-electron chi connectivity index (χ2n) is 7.59. The molecule has 21 heavy (non-hydrogen) atoms. The third kappa shape index (κ3) is 2.76. The molecule has 0 aromatic carbocycles. The number of nitrogens with two attached hydrogens (primary N) is 1. The molecule has 4 heteroatoms. The maximum atomic E-state index is 6.26. The van der Waals surface area contributed by atoms with Crippen molar-refractivity contribution in [2.75, 3.05) is 33.9 Å². The maximum Gasteiger partial charge on any atom is 0.0972 e. The van der Waals surface area contributed by atoms with Crippen LogP contribution in [-0.2, 0) is 9.47 Å². The third-order valence-electron chi connectivity index (χ3n) is 6.78. The largest absolute Gasteiger partial charge is 0.377 e. The molecule has 3 fully saturated rings. The van der Waals surface area contributed by atoms with Crippen molar-refractivity contribution in [3.63, 3.8) is 0 Å². The van der Waals surface area contributed by atoms with Gasteiger partial charge in [-0.15, -0.1) is 0 Å². The highest BCUT2D eigenvalue weighted by molar-refractivity contribution is 5.04.